The maximum Gasteiger partial charge on any atom is 0.315 e. The molecule has 0 aliphatic rings. The minimum atomic E-state index is -0.769. The molecule has 11 heteroatoms. The van der Waals surface area contributed by atoms with E-state index in [0.717, 1.165) is 12.3 Å². The van der Waals surface area contributed by atoms with Crippen LogP contribution in [0.25, 0.3) is 0 Å². The summed E-state index contributed by atoms with van der Waals surface area (Å²) in [4.78, 5) is 34.0. The molecular formula is C19H20N4O7. The van der Waals surface area contributed by atoms with Crippen molar-refractivity contribution in [2.75, 3.05) is 19.5 Å². The van der Waals surface area contributed by atoms with Crippen molar-refractivity contribution in [3.63, 3.8) is 0 Å². The molecule has 2 aromatic carbocycles. The van der Waals surface area contributed by atoms with Crippen LogP contribution in [0.15, 0.2) is 41.5 Å². The Labute approximate surface area is 171 Å². The van der Waals surface area contributed by atoms with Crippen molar-refractivity contribution in [1.82, 2.24) is 5.43 Å². The van der Waals surface area contributed by atoms with Crippen molar-refractivity contribution in [3.05, 3.63) is 52.1 Å². The lowest BCUT2D eigenvalue weighted by Gasteiger charge is -2.06. The van der Waals surface area contributed by atoms with Crippen LogP contribution in [0.5, 0.6) is 17.2 Å². The smallest absolute Gasteiger partial charge is 0.315 e. The molecule has 0 bridgehead atoms. The normalized spacial score (nSPS) is 10.5. The van der Waals surface area contributed by atoms with Gasteiger partial charge >= 0.3 is 5.69 Å². The Kier molecular flexibility index (Phi) is 7.68. The molecule has 0 radical (unpaired) electrons. The first-order valence-corrected chi connectivity index (χ1v) is 8.65. The van der Waals surface area contributed by atoms with Crippen LogP contribution < -0.4 is 20.2 Å². The molecule has 0 saturated heterocycles. The van der Waals surface area contributed by atoms with Gasteiger partial charge in [-0.2, -0.15) is 5.10 Å². The number of nitro benzene ring substituents is 1. The highest BCUT2D eigenvalue weighted by atomic mass is 16.6. The zero-order valence-electron chi connectivity index (χ0n) is 16.2. The minimum Gasteiger partial charge on any atom is -0.502 e. The summed E-state index contributed by atoms with van der Waals surface area (Å²) in [5.74, 6) is -0.730. The number of carbonyl (C=O) groups is 2. The molecule has 3 N–H and O–H groups in total. The van der Waals surface area contributed by atoms with E-state index in [1.54, 1.807) is 24.3 Å². The van der Waals surface area contributed by atoms with Crippen molar-refractivity contribution < 1.29 is 29.1 Å². The first-order chi connectivity index (χ1) is 14.3. The molecule has 0 saturated carbocycles. The van der Waals surface area contributed by atoms with Crippen LogP contribution in [0.2, 0.25) is 0 Å². The lowest BCUT2D eigenvalue weighted by atomic mass is 10.1. The second kappa shape index (κ2) is 10.4. The topological polar surface area (TPSA) is 152 Å². The van der Waals surface area contributed by atoms with Gasteiger partial charge in [-0.15, -0.1) is 0 Å². The molecule has 0 aliphatic carbocycles. The van der Waals surface area contributed by atoms with Gasteiger partial charge in [-0.25, -0.2) is 5.43 Å². The Morgan fingerprint density at radius 3 is 2.33 bits per heavy atom. The third kappa shape index (κ3) is 6.19. The standard InChI is InChI=1S/C19H20N4O7/c1-29-14-5-3-13(4-6-14)21-17(24)7-8-18(25)22-20-11-12-9-15(30-2)10-16(19(12)26)23(27)28/h3-6,9-11,26H,7-8H2,1-2H3,(H,21,24)(H,22,25)/b20-11-. The zero-order valence-corrected chi connectivity index (χ0v) is 16.2. The highest BCUT2D eigenvalue weighted by Crippen LogP contribution is 2.33. The lowest BCUT2D eigenvalue weighted by molar-refractivity contribution is -0.385. The van der Waals surface area contributed by atoms with Gasteiger partial charge in [0.25, 0.3) is 0 Å². The van der Waals surface area contributed by atoms with Crippen LogP contribution in [0.1, 0.15) is 18.4 Å². The summed E-state index contributed by atoms with van der Waals surface area (Å²) >= 11 is 0. The fraction of sp³-hybridized carbons (Fsp3) is 0.211. The zero-order chi connectivity index (χ0) is 22.1. The van der Waals surface area contributed by atoms with Crippen LogP contribution in [0.4, 0.5) is 11.4 Å². The predicted molar refractivity (Wildman–Crippen MR) is 108 cm³/mol. The number of phenols is 1. The van der Waals surface area contributed by atoms with Crippen molar-refractivity contribution in [2.45, 2.75) is 12.8 Å². The fourth-order valence-corrected chi connectivity index (χ4v) is 2.32. The predicted octanol–water partition coefficient (Wildman–Crippen LogP) is 2.19. The summed E-state index contributed by atoms with van der Waals surface area (Å²) in [6.45, 7) is 0. The second-order valence-corrected chi connectivity index (χ2v) is 5.91. The molecule has 0 fully saturated rings. The van der Waals surface area contributed by atoms with E-state index in [1.807, 2.05) is 0 Å². The van der Waals surface area contributed by atoms with E-state index in [9.17, 15) is 24.8 Å². The molecule has 0 spiro atoms. The lowest BCUT2D eigenvalue weighted by Crippen LogP contribution is -2.20. The average Bonchev–Trinajstić information content (AvgIpc) is 2.73. The van der Waals surface area contributed by atoms with Crippen molar-refractivity contribution in [3.8, 4) is 17.2 Å². The quantitative estimate of drug-likeness (QED) is 0.322. The average molecular weight is 416 g/mol. The number of phenolic OH excluding ortho intramolecular Hbond substituents is 1. The summed E-state index contributed by atoms with van der Waals surface area (Å²) in [6.07, 6.45) is 0.826. The Morgan fingerprint density at radius 1 is 1.10 bits per heavy atom. The highest BCUT2D eigenvalue weighted by molar-refractivity contribution is 5.93. The third-order valence-corrected chi connectivity index (χ3v) is 3.87. The maximum atomic E-state index is 11.9. The fourth-order valence-electron chi connectivity index (χ4n) is 2.32. The third-order valence-electron chi connectivity index (χ3n) is 3.87. The molecule has 2 rings (SSSR count). The number of aromatic hydroxyl groups is 1. The summed E-state index contributed by atoms with van der Waals surface area (Å²) in [7, 11) is 2.85. The number of rotatable bonds is 9. The van der Waals surface area contributed by atoms with E-state index in [1.165, 1.54) is 20.3 Å². The minimum absolute atomic E-state index is 0.0152. The Hall–Kier alpha value is -4.15. The van der Waals surface area contributed by atoms with Gasteiger partial charge in [-0.1, -0.05) is 0 Å². The number of carbonyl (C=O) groups excluding carboxylic acids is 2. The summed E-state index contributed by atoms with van der Waals surface area (Å²) in [5, 5.41) is 27.2. The number of nitrogens with one attached hydrogen (secondary N) is 2. The van der Waals surface area contributed by atoms with E-state index in [4.69, 9.17) is 9.47 Å². The summed E-state index contributed by atoms with van der Waals surface area (Å²) in [5.41, 5.74) is 2.18. The number of nitro groups is 1. The van der Waals surface area contributed by atoms with Gasteiger partial charge in [0.1, 0.15) is 11.5 Å². The van der Waals surface area contributed by atoms with Crippen LogP contribution in [-0.4, -0.2) is 42.3 Å². The summed E-state index contributed by atoms with van der Waals surface area (Å²) < 4.78 is 9.96. The highest BCUT2D eigenvalue weighted by Gasteiger charge is 2.18. The number of methoxy groups -OCH3 is 2. The van der Waals surface area contributed by atoms with Crippen molar-refractivity contribution in [1.29, 1.82) is 0 Å². The largest absolute Gasteiger partial charge is 0.502 e. The molecule has 2 amide bonds. The molecule has 0 heterocycles. The first kappa shape index (κ1) is 22.1. The van der Waals surface area contributed by atoms with Gasteiger partial charge in [0.2, 0.25) is 17.6 Å². The van der Waals surface area contributed by atoms with Crippen LogP contribution >= 0.6 is 0 Å². The monoisotopic (exact) mass is 416 g/mol. The molecule has 2 aromatic rings. The van der Waals surface area contributed by atoms with Crippen LogP contribution in [0, 0.1) is 10.1 Å². The number of ether oxygens (including phenoxy) is 2. The van der Waals surface area contributed by atoms with Gasteiger partial charge in [0, 0.05) is 24.1 Å². The molecule has 11 nitrogen and oxygen atoms in total. The second-order valence-electron chi connectivity index (χ2n) is 5.91. The van der Waals surface area contributed by atoms with Gasteiger partial charge in [-0.05, 0) is 30.3 Å². The molecule has 0 aliphatic heterocycles. The molecule has 0 unspecified atom stereocenters. The molecule has 0 aromatic heterocycles. The number of anilines is 1. The number of nitrogens with zero attached hydrogens (tertiary/aromatic N) is 2. The number of amides is 2. The van der Waals surface area contributed by atoms with Gasteiger partial charge in [0.15, 0.2) is 0 Å². The summed E-state index contributed by atoms with van der Waals surface area (Å²) in [6, 6.07) is 9.10. The Balaban J connectivity index is 1.88. The van der Waals surface area contributed by atoms with Crippen LogP contribution in [-0.2, 0) is 9.59 Å². The first-order valence-electron chi connectivity index (χ1n) is 8.65. The maximum absolute atomic E-state index is 11.9. The Morgan fingerprint density at radius 2 is 1.73 bits per heavy atom. The van der Waals surface area contributed by atoms with E-state index < -0.39 is 22.3 Å². The molecule has 0 atom stereocenters. The SMILES string of the molecule is COc1ccc(NC(=O)CCC(=O)N/N=C\c2cc(OC)cc([N+](=O)[O-])c2O)cc1. The van der Waals surface area contributed by atoms with Gasteiger partial charge < -0.3 is 19.9 Å². The van der Waals surface area contributed by atoms with E-state index in [2.05, 4.69) is 15.8 Å². The Bertz CT molecular complexity index is 958. The van der Waals surface area contributed by atoms with Gasteiger partial charge in [-0.3, -0.25) is 19.7 Å². The van der Waals surface area contributed by atoms with E-state index in [0.29, 0.717) is 11.4 Å². The molecular weight excluding hydrogens is 396 g/mol. The number of hydrogen-bond donors (Lipinski definition) is 3. The number of hydrogen-bond acceptors (Lipinski definition) is 8. The number of hydrazone groups is 1. The van der Waals surface area contributed by atoms with E-state index >= 15 is 0 Å². The number of benzene rings is 2. The molecule has 158 valence electrons. The van der Waals surface area contributed by atoms with E-state index in [-0.39, 0.29) is 30.1 Å². The van der Waals surface area contributed by atoms with Crippen molar-refractivity contribution in [2.24, 2.45) is 5.10 Å². The van der Waals surface area contributed by atoms with Gasteiger partial charge in [0.05, 0.1) is 31.4 Å². The molecule has 30 heavy (non-hydrogen) atoms. The van der Waals surface area contributed by atoms with Crippen molar-refractivity contribution >= 4 is 29.4 Å². The van der Waals surface area contributed by atoms with Crippen LogP contribution in [0.3, 0.4) is 0 Å².